The van der Waals surface area contributed by atoms with Crippen molar-refractivity contribution < 1.29 is 14.0 Å². The second kappa shape index (κ2) is 10.4. The quantitative estimate of drug-likeness (QED) is 0.437. The van der Waals surface area contributed by atoms with Gasteiger partial charge in [-0.25, -0.2) is 9.37 Å². The van der Waals surface area contributed by atoms with Gasteiger partial charge in [0.25, 0.3) is 5.91 Å². The first-order chi connectivity index (χ1) is 17.0. The number of nitrogens with zero attached hydrogens (tertiary/aromatic N) is 2. The van der Waals surface area contributed by atoms with Gasteiger partial charge in [-0.05, 0) is 74.2 Å². The van der Waals surface area contributed by atoms with Gasteiger partial charge in [-0.1, -0.05) is 35.2 Å². The standard InChI is InChI=1S/C28H29BrFN3O2/c29-20-10-13-25-23(15-20)24(16-26(32-25)18-8-11-21(30)12-9-18)28(35)33-14-4-5-19(17-33)27(34)31-22-6-2-1-3-7-22/h8-13,15-16,19,22H,1-7,14,17H2,(H,31,34). The van der Waals surface area contributed by atoms with Gasteiger partial charge in [-0.3, -0.25) is 9.59 Å². The molecule has 2 amide bonds. The molecule has 0 radical (unpaired) electrons. The summed E-state index contributed by atoms with van der Waals surface area (Å²) in [6.07, 6.45) is 7.27. The highest BCUT2D eigenvalue weighted by atomic mass is 79.9. The molecule has 5 nitrogen and oxygen atoms in total. The molecule has 1 unspecified atom stereocenters. The lowest BCUT2D eigenvalue weighted by Crippen LogP contribution is -2.48. The van der Waals surface area contributed by atoms with Gasteiger partial charge in [-0.2, -0.15) is 0 Å². The van der Waals surface area contributed by atoms with Crippen LogP contribution in [0.1, 0.15) is 55.3 Å². The molecular weight excluding hydrogens is 509 g/mol. The fraction of sp³-hybridized carbons (Fsp3) is 0.393. The van der Waals surface area contributed by atoms with Gasteiger partial charge < -0.3 is 10.2 Å². The molecule has 0 bridgehead atoms. The van der Waals surface area contributed by atoms with Gasteiger partial charge in [0, 0.05) is 34.6 Å². The third kappa shape index (κ3) is 5.40. The fourth-order valence-corrected chi connectivity index (χ4v) is 5.62. The summed E-state index contributed by atoms with van der Waals surface area (Å²) in [5, 5.41) is 3.99. The number of halogens is 2. The summed E-state index contributed by atoms with van der Waals surface area (Å²) in [7, 11) is 0. The normalized spacial score (nSPS) is 19.0. The average molecular weight is 538 g/mol. The number of carbonyl (C=O) groups is 2. The molecule has 0 spiro atoms. The van der Waals surface area contributed by atoms with Gasteiger partial charge in [-0.15, -0.1) is 0 Å². The van der Waals surface area contributed by atoms with E-state index in [1.807, 2.05) is 18.2 Å². The SMILES string of the molecule is O=C(NC1CCCCC1)C1CCCN(C(=O)c2cc(-c3ccc(F)cc3)nc3ccc(Br)cc23)C1. The van der Waals surface area contributed by atoms with Crippen molar-refractivity contribution in [3.63, 3.8) is 0 Å². The third-order valence-corrected chi connectivity index (χ3v) is 7.67. The molecule has 1 aliphatic carbocycles. The van der Waals surface area contributed by atoms with Crippen LogP contribution in [0, 0.1) is 11.7 Å². The molecule has 2 heterocycles. The third-order valence-electron chi connectivity index (χ3n) is 7.17. The smallest absolute Gasteiger partial charge is 0.254 e. The highest BCUT2D eigenvalue weighted by Gasteiger charge is 2.31. The van der Waals surface area contributed by atoms with E-state index in [1.54, 1.807) is 23.1 Å². The summed E-state index contributed by atoms with van der Waals surface area (Å²) in [5.74, 6) is -0.538. The summed E-state index contributed by atoms with van der Waals surface area (Å²) >= 11 is 3.51. The van der Waals surface area contributed by atoms with Crippen molar-refractivity contribution in [3.8, 4) is 11.3 Å². The Morgan fingerprint density at radius 3 is 2.51 bits per heavy atom. The maximum Gasteiger partial charge on any atom is 0.254 e. The van der Waals surface area contributed by atoms with Crippen molar-refractivity contribution in [3.05, 3.63) is 64.4 Å². The average Bonchev–Trinajstić information content (AvgIpc) is 2.89. The van der Waals surface area contributed by atoms with Crippen LogP contribution in [0.25, 0.3) is 22.2 Å². The van der Waals surface area contributed by atoms with E-state index in [0.717, 1.165) is 41.1 Å². The van der Waals surface area contributed by atoms with Gasteiger partial charge in [0.05, 0.1) is 22.7 Å². The molecule has 1 atom stereocenters. The number of carbonyl (C=O) groups excluding carboxylic acids is 2. The summed E-state index contributed by atoms with van der Waals surface area (Å²) in [4.78, 5) is 33.3. The van der Waals surface area contributed by atoms with Crippen LogP contribution in [0.4, 0.5) is 4.39 Å². The van der Waals surface area contributed by atoms with Gasteiger partial charge in [0.15, 0.2) is 0 Å². The van der Waals surface area contributed by atoms with Crippen LogP contribution in [0.2, 0.25) is 0 Å². The molecule has 2 fully saturated rings. The van der Waals surface area contributed by atoms with Crippen LogP contribution in [-0.2, 0) is 4.79 Å². The molecule has 35 heavy (non-hydrogen) atoms. The van der Waals surface area contributed by atoms with E-state index in [1.165, 1.54) is 31.4 Å². The molecule has 3 aromatic rings. The Bertz CT molecular complexity index is 1240. The number of amides is 2. The monoisotopic (exact) mass is 537 g/mol. The van der Waals surface area contributed by atoms with E-state index >= 15 is 0 Å². The predicted molar refractivity (Wildman–Crippen MR) is 138 cm³/mol. The number of likely N-dealkylation sites (tertiary alicyclic amines) is 1. The molecule has 5 rings (SSSR count). The Kier molecular flexibility index (Phi) is 7.14. The fourth-order valence-electron chi connectivity index (χ4n) is 5.26. The minimum Gasteiger partial charge on any atom is -0.353 e. The molecular formula is C28H29BrFN3O2. The minimum absolute atomic E-state index is 0.0729. The van der Waals surface area contributed by atoms with E-state index < -0.39 is 0 Å². The zero-order valence-electron chi connectivity index (χ0n) is 19.6. The summed E-state index contributed by atoms with van der Waals surface area (Å²) in [5.41, 5.74) is 2.60. The summed E-state index contributed by atoms with van der Waals surface area (Å²) < 4.78 is 14.3. The number of rotatable bonds is 4. The molecule has 182 valence electrons. The van der Waals surface area contributed by atoms with Crippen LogP contribution in [-0.4, -0.2) is 40.8 Å². The number of nitrogens with one attached hydrogen (secondary N) is 1. The van der Waals surface area contributed by atoms with Crippen LogP contribution < -0.4 is 5.32 Å². The highest BCUT2D eigenvalue weighted by molar-refractivity contribution is 9.10. The Hall–Kier alpha value is -2.80. The van der Waals surface area contributed by atoms with Gasteiger partial charge in [0.2, 0.25) is 5.91 Å². The number of benzene rings is 2. The Labute approximate surface area is 213 Å². The van der Waals surface area contributed by atoms with Gasteiger partial charge >= 0.3 is 0 Å². The van der Waals surface area contributed by atoms with Crippen molar-refractivity contribution in [2.24, 2.45) is 5.92 Å². The van der Waals surface area contributed by atoms with Crippen molar-refractivity contribution in [2.75, 3.05) is 13.1 Å². The molecule has 1 aliphatic heterocycles. The van der Waals surface area contributed by atoms with E-state index in [-0.39, 0.29) is 29.6 Å². The molecule has 1 saturated carbocycles. The second-order valence-corrected chi connectivity index (χ2v) is 10.6. The van der Waals surface area contributed by atoms with Crippen molar-refractivity contribution >= 4 is 38.6 Å². The van der Waals surface area contributed by atoms with E-state index in [4.69, 9.17) is 4.98 Å². The Balaban J connectivity index is 1.42. The van der Waals surface area contributed by atoms with Crippen molar-refractivity contribution in [2.45, 2.75) is 51.0 Å². The number of piperidine rings is 1. The highest BCUT2D eigenvalue weighted by Crippen LogP contribution is 2.30. The number of aromatic nitrogens is 1. The zero-order chi connectivity index (χ0) is 24.4. The molecule has 1 saturated heterocycles. The lowest BCUT2D eigenvalue weighted by Gasteiger charge is -2.33. The zero-order valence-corrected chi connectivity index (χ0v) is 21.2. The molecule has 2 aliphatic rings. The minimum atomic E-state index is -0.319. The van der Waals surface area contributed by atoms with Crippen LogP contribution in [0.5, 0.6) is 0 Å². The lowest BCUT2D eigenvalue weighted by molar-refractivity contribution is -0.127. The Morgan fingerprint density at radius 2 is 1.74 bits per heavy atom. The van der Waals surface area contributed by atoms with Crippen molar-refractivity contribution in [1.29, 1.82) is 0 Å². The van der Waals surface area contributed by atoms with E-state index in [2.05, 4.69) is 21.2 Å². The number of fused-ring (bicyclic) bond motifs is 1. The first-order valence-electron chi connectivity index (χ1n) is 12.4. The molecule has 7 heteroatoms. The lowest BCUT2D eigenvalue weighted by atomic mass is 9.92. The van der Waals surface area contributed by atoms with Crippen LogP contribution in [0.3, 0.4) is 0 Å². The van der Waals surface area contributed by atoms with Crippen molar-refractivity contribution in [1.82, 2.24) is 15.2 Å². The predicted octanol–water partition coefficient (Wildman–Crippen LogP) is 6.10. The largest absolute Gasteiger partial charge is 0.353 e. The summed E-state index contributed by atoms with van der Waals surface area (Å²) in [6.45, 7) is 1.04. The molecule has 2 aromatic carbocycles. The maximum atomic E-state index is 13.8. The number of hydrogen-bond acceptors (Lipinski definition) is 3. The maximum absolute atomic E-state index is 13.8. The van der Waals surface area contributed by atoms with E-state index in [9.17, 15) is 14.0 Å². The van der Waals surface area contributed by atoms with E-state index in [0.29, 0.717) is 29.9 Å². The molecule has 1 aromatic heterocycles. The van der Waals surface area contributed by atoms with Gasteiger partial charge in [0.1, 0.15) is 5.82 Å². The summed E-state index contributed by atoms with van der Waals surface area (Å²) in [6, 6.07) is 13.9. The van der Waals surface area contributed by atoms with Crippen LogP contribution >= 0.6 is 15.9 Å². The number of pyridine rings is 1. The second-order valence-electron chi connectivity index (χ2n) is 9.66. The molecule has 1 N–H and O–H groups in total. The topological polar surface area (TPSA) is 62.3 Å². The van der Waals surface area contributed by atoms with Crippen LogP contribution in [0.15, 0.2) is 53.0 Å². The first kappa shape index (κ1) is 23.9. The number of hydrogen-bond donors (Lipinski definition) is 1. The first-order valence-corrected chi connectivity index (χ1v) is 13.2. The Morgan fingerprint density at radius 1 is 0.971 bits per heavy atom.